The van der Waals surface area contributed by atoms with E-state index < -0.39 is 0 Å². The standard InChI is InChI=1S/C18H22FNO/c1-3-21-13-17-7-5-4-6-16(17)12-20-14(2)15-8-10-18(19)11-9-15/h4-11,14,20H,3,12-13H2,1-2H3. The van der Waals surface area contributed by atoms with Gasteiger partial charge in [0.1, 0.15) is 5.82 Å². The summed E-state index contributed by atoms with van der Waals surface area (Å²) in [6.45, 7) is 6.20. The highest BCUT2D eigenvalue weighted by Crippen LogP contribution is 2.15. The Morgan fingerprint density at radius 1 is 1.05 bits per heavy atom. The fourth-order valence-corrected chi connectivity index (χ4v) is 2.22. The molecule has 0 radical (unpaired) electrons. The van der Waals surface area contributed by atoms with Crippen LogP contribution in [0.3, 0.4) is 0 Å². The second-order valence-corrected chi connectivity index (χ2v) is 5.06. The summed E-state index contributed by atoms with van der Waals surface area (Å²) in [6.07, 6.45) is 0. The maximum absolute atomic E-state index is 12.9. The molecule has 0 aliphatic carbocycles. The quantitative estimate of drug-likeness (QED) is 0.823. The van der Waals surface area contributed by atoms with Gasteiger partial charge >= 0.3 is 0 Å². The Kier molecular flexibility index (Phi) is 5.90. The van der Waals surface area contributed by atoms with E-state index >= 15 is 0 Å². The predicted octanol–water partition coefficient (Wildman–Crippen LogP) is 4.21. The molecule has 2 aromatic rings. The van der Waals surface area contributed by atoms with Crippen LogP contribution in [0.5, 0.6) is 0 Å². The van der Waals surface area contributed by atoms with Crippen molar-refractivity contribution in [2.45, 2.75) is 33.0 Å². The van der Waals surface area contributed by atoms with Crippen molar-refractivity contribution in [1.82, 2.24) is 5.32 Å². The van der Waals surface area contributed by atoms with Gasteiger partial charge in [-0.1, -0.05) is 36.4 Å². The summed E-state index contributed by atoms with van der Waals surface area (Å²) >= 11 is 0. The maximum atomic E-state index is 12.9. The molecule has 0 heterocycles. The molecule has 1 unspecified atom stereocenters. The number of benzene rings is 2. The minimum Gasteiger partial charge on any atom is -0.377 e. The summed E-state index contributed by atoms with van der Waals surface area (Å²) in [7, 11) is 0. The molecule has 2 aromatic carbocycles. The topological polar surface area (TPSA) is 21.3 Å². The third-order valence-electron chi connectivity index (χ3n) is 3.55. The summed E-state index contributed by atoms with van der Waals surface area (Å²) in [5, 5.41) is 3.47. The van der Waals surface area contributed by atoms with E-state index in [1.165, 1.54) is 23.3 Å². The summed E-state index contributed by atoms with van der Waals surface area (Å²) in [4.78, 5) is 0. The number of rotatable bonds is 7. The zero-order chi connectivity index (χ0) is 15.1. The first-order chi connectivity index (χ1) is 10.2. The Morgan fingerprint density at radius 2 is 1.71 bits per heavy atom. The lowest BCUT2D eigenvalue weighted by Gasteiger charge is -2.16. The highest BCUT2D eigenvalue weighted by molar-refractivity contribution is 5.27. The van der Waals surface area contributed by atoms with Gasteiger partial charge in [0, 0.05) is 19.2 Å². The molecular weight excluding hydrogens is 265 g/mol. The van der Waals surface area contributed by atoms with E-state index in [1.54, 1.807) is 0 Å². The van der Waals surface area contributed by atoms with Crippen LogP contribution in [0.1, 0.15) is 36.6 Å². The van der Waals surface area contributed by atoms with Crippen LogP contribution in [0.4, 0.5) is 4.39 Å². The van der Waals surface area contributed by atoms with E-state index in [9.17, 15) is 4.39 Å². The van der Waals surface area contributed by atoms with Gasteiger partial charge in [-0.05, 0) is 42.7 Å². The first-order valence-electron chi connectivity index (χ1n) is 7.34. The highest BCUT2D eigenvalue weighted by Gasteiger charge is 2.07. The summed E-state index contributed by atoms with van der Waals surface area (Å²) in [5.74, 6) is -0.201. The van der Waals surface area contributed by atoms with Crippen molar-refractivity contribution >= 4 is 0 Å². The van der Waals surface area contributed by atoms with Crippen molar-refractivity contribution in [2.75, 3.05) is 6.61 Å². The van der Waals surface area contributed by atoms with Gasteiger partial charge in [-0.2, -0.15) is 0 Å². The summed E-state index contributed by atoms with van der Waals surface area (Å²) in [5.41, 5.74) is 3.52. The average Bonchev–Trinajstić information content (AvgIpc) is 2.52. The molecule has 0 saturated heterocycles. The normalized spacial score (nSPS) is 12.3. The first kappa shape index (κ1) is 15.7. The average molecular weight is 287 g/mol. The zero-order valence-electron chi connectivity index (χ0n) is 12.6. The molecule has 0 aliphatic heterocycles. The smallest absolute Gasteiger partial charge is 0.123 e. The van der Waals surface area contributed by atoms with Gasteiger partial charge in [0.2, 0.25) is 0 Å². The van der Waals surface area contributed by atoms with Crippen molar-refractivity contribution in [3.05, 3.63) is 71.0 Å². The van der Waals surface area contributed by atoms with Crippen molar-refractivity contribution in [1.29, 1.82) is 0 Å². The van der Waals surface area contributed by atoms with Gasteiger partial charge in [0.25, 0.3) is 0 Å². The summed E-state index contributed by atoms with van der Waals surface area (Å²) < 4.78 is 18.4. The molecule has 0 amide bonds. The predicted molar refractivity (Wildman–Crippen MR) is 83.4 cm³/mol. The van der Waals surface area contributed by atoms with E-state index in [0.717, 1.165) is 12.1 Å². The molecule has 0 fully saturated rings. The number of hydrogen-bond acceptors (Lipinski definition) is 2. The maximum Gasteiger partial charge on any atom is 0.123 e. The largest absolute Gasteiger partial charge is 0.377 e. The fourth-order valence-electron chi connectivity index (χ4n) is 2.22. The Balaban J connectivity index is 1.97. The Hall–Kier alpha value is -1.71. The van der Waals surface area contributed by atoms with Crippen LogP contribution in [0.25, 0.3) is 0 Å². The van der Waals surface area contributed by atoms with Crippen molar-refractivity contribution in [3.63, 3.8) is 0 Å². The van der Waals surface area contributed by atoms with Gasteiger partial charge < -0.3 is 10.1 Å². The molecule has 0 aromatic heterocycles. The Morgan fingerprint density at radius 3 is 2.38 bits per heavy atom. The SMILES string of the molecule is CCOCc1ccccc1CNC(C)c1ccc(F)cc1. The van der Waals surface area contributed by atoms with E-state index in [4.69, 9.17) is 4.74 Å². The number of ether oxygens (including phenoxy) is 1. The van der Waals surface area contributed by atoms with Crippen molar-refractivity contribution < 1.29 is 9.13 Å². The molecule has 21 heavy (non-hydrogen) atoms. The van der Waals surface area contributed by atoms with Crippen LogP contribution in [0.2, 0.25) is 0 Å². The van der Waals surface area contributed by atoms with Crippen molar-refractivity contribution in [3.8, 4) is 0 Å². The lowest BCUT2D eigenvalue weighted by atomic mass is 10.1. The number of halogens is 1. The highest BCUT2D eigenvalue weighted by atomic mass is 19.1. The van der Waals surface area contributed by atoms with Crippen LogP contribution in [0.15, 0.2) is 48.5 Å². The third-order valence-corrected chi connectivity index (χ3v) is 3.55. The van der Waals surface area contributed by atoms with E-state index in [1.807, 2.05) is 31.2 Å². The second-order valence-electron chi connectivity index (χ2n) is 5.06. The van der Waals surface area contributed by atoms with Gasteiger partial charge in [0.05, 0.1) is 6.61 Å². The second kappa shape index (κ2) is 7.91. The number of hydrogen-bond donors (Lipinski definition) is 1. The van der Waals surface area contributed by atoms with Gasteiger partial charge in [-0.15, -0.1) is 0 Å². The molecule has 0 spiro atoms. The molecule has 0 bridgehead atoms. The van der Waals surface area contributed by atoms with Crippen LogP contribution >= 0.6 is 0 Å². The monoisotopic (exact) mass is 287 g/mol. The Bertz CT molecular complexity index is 553. The third kappa shape index (κ3) is 4.66. The van der Waals surface area contributed by atoms with E-state index in [0.29, 0.717) is 13.2 Å². The summed E-state index contributed by atoms with van der Waals surface area (Å²) in [6, 6.07) is 15.1. The van der Waals surface area contributed by atoms with E-state index in [2.05, 4.69) is 24.4 Å². The van der Waals surface area contributed by atoms with Gasteiger partial charge in [-0.3, -0.25) is 0 Å². The van der Waals surface area contributed by atoms with Crippen LogP contribution in [-0.4, -0.2) is 6.61 Å². The van der Waals surface area contributed by atoms with Crippen molar-refractivity contribution in [2.24, 2.45) is 0 Å². The minimum atomic E-state index is -0.201. The molecule has 1 atom stereocenters. The van der Waals surface area contributed by atoms with Crippen LogP contribution in [-0.2, 0) is 17.9 Å². The first-order valence-corrected chi connectivity index (χ1v) is 7.34. The van der Waals surface area contributed by atoms with Gasteiger partial charge in [-0.25, -0.2) is 4.39 Å². The molecule has 3 heteroatoms. The molecule has 112 valence electrons. The lowest BCUT2D eigenvalue weighted by Crippen LogP contribution is -2.19. The lowest BCUT2D eigenvalue weighted by molar-refractivity contribution is 0.133. The zero-order valence-corrected chi connectivity index (χ0v) is 12.6. The van der Waals surface area contributed by atoms with E-state index in [-0.39, 0.29) is 11.9 Å². The molecule has 2 rings (SSSR count). The number of nitrogens with one attached hydrogen (secondary N) is 1. The van der Waals surface area contributed by atoms with Crippen LogP contribution in [0, 0.1) is 5.82 Å². The van der Waals surface area contributed by atoms with Gasteiger partial charge in [0.15, 0.2) is 0 Å². The Labute approximate surface area is 126 Å². The van der Waals surface area contributed by atoms with Crippen LogP contribution < -0.4 is 5.32 Å². The molecule has 0 saturated carbocycles. The molecular formula is C18H22FNO. The minimum absolute atomic E-state index is 0.172. The fraction of sp³-hybridized carbons (Fsp3) is 0.333. The molecule has 1 N–H and O–H groups in total. The molecule has 0 aliphatic rings. The molecule has 2 nitrogen and oxygen atoms in total.